The van der Waals surface area contributed by atoms with Crippen LogP contribution in [0.2, 0.25) is 0 Å². The Kier molecular flexibility index (Phi) is 3.68. The Morgan fingerprint density at radius 1 is 1.71 bits per heavy atom. The van der Waals surface area contributed by atoms with Crippen LogP contribution in [-0.2, 0) is 4.74 Å². The van der Waals surface area contributed by atoms with E-state index < -0.39 is 12.5 Å². The quantitative estimate of drug-likeness (QED) is 0.866. The number of nitrogens with one attached hydrogen (secondary N) is 1. The number of hydrogen-bond acceptors (Lipinski definition) is 3. The largest absolute Gasteiger partial charge is 0.376 e. The van der Waals surface area contributed by atoms with Crippen LogP contribution >= 0.6 is 0 Å². The SMILES string of the molecule is O=C(NCC1CCCO1)c1ccnn1C(F)F. The van der Waals surface area contributed by atoms with Gasteiger partial charge in [-0.1, -0.05) is 0 Å². The van der Waals surface area contributed by atoms with Gasteiger partial charge in [0.15, 0.2) is 0 Å². The van der Waals surface area contributed by atoms with Gasteiger partial charge in [-0.3, -0.25) is 4.79 Å². The normalized spacial score (nSPS) is 19.8. The first kappa shape index (κ1) is 12.0. The molecule has 1 aliphatic heterocycles. The molecule has 0 radical (unpaired) electrons. The number of rotatable bonds is 4. The van der Waals surface area contributed by atoms with Crippen LogP contribution in [0.15, 0.2) is 12.3 Å². The zero-order chi connectivity index (χ0) is 12.3. The lowest BCUT2D eigenvalue weighted by Gasteiger charge is -2.11. The van der Waals surface area contributed by atoms with Crippen LogP contribution in [0.3, 0.4) is 0 Å². The van der Waals surface area contributed by atoms with E-state index in [1.165, 1.54) is 12.3 Å². The molecule has 1 amide bonds. The van der Waals surface area contributed by atoms with Crippen molar-refractivity contribution in [3.8, 4) is 0 Å². The van der Waals surface area contributed by atoms with Gasteiger partial charge in [0.1, 0.15) is 5.69 Å². The van der Waals surface area contributed by atoms with E-state index in [0.717, 1.165) is 12.8 Å². The molecule has 1 unspecified atom stereocenters. The molecule has 1 aliphatic rings. The van der Waals surface area contributed by atoms with Crippen LogP contribution in [0.1, 0.15) is 29.9 Å². The molecule has 1 N–H and O–H groups in total. The van der Waals surface area contributed by atoms with E-state index >= 15 is 0 Å². The maximum absolute atomic E-state index is 12.5. The van der Waals surface area contributed by atoms with Gasteiger partial charge in [-0.05, 0) is 18.9 Å². The minimum atomic E-state index is -2.81. The Balaban J connectivity index is 1.92. The van der Waals surface area contributed by atoms with E-state index in [9.17, 15) is 13.6 Å². The average molecular weight is 245 g/mol. The fourth-order valence-corrected chi connectivity index (χ4v) is 1.75. The summed E-state index contributed by atoms with van der Waals surface area (Å²) in [7, 11) is 0. The first-order chi connectivity index (χ1) is 8.18. The number of aromatic nitrogens is 2. The number of hydrogen-bond donors (Lipinski definition) is 1. The van der Waals surface area contributed by atoms with E-state index in [4.69, 9.17) is 4.74 Å². The van der Waals surface area contributed by atoms with E-state index in [2.05, 4.69) is 10.4 Å². The van der Waals surface area contributed by atoms with Crippen molar-refractivity contribution in [2.24, 2.45) is 0 Å². The molecule has 1 aromatic heterocycles. The van der Waals surface area contributed by atoms with Crippen LogP contribution in [0.5, 0.6) is 0 Å². The summed E-state index contributed by atoms with van der Waals surface area (Å²) in [6, 6.07) is 1.26. The fourth-order valence-electron chi connectivity index (χ4n) is 1.75. The first-order valence-electron chi connectivity index (χ1n) is 5.40. The van der Waals surface area contributed by atoms with Gasteiger partial charge >= 0.3 is 6.55 Å². The lowest BCUT2D eigenvalue weighted by atomic mass is 10.2. The number of carbonyl (C=O) groups excluding carboxylic acids is 1. The van der Waals surface area contributed by atoms with Crippen molar-refractivity contribution >= 4 is 5.91 Å². The molecule has 94 valence electrons. The Morgan fingerprint density at radius 3 is 3.18 bits per heavy atom. The zero-order valence-electron chi connectivity index (χ0n) is 9.10. The summed E-state index contributed by atoms with van der Waals surface area (Å²) < 4.78 is 30.6. The molecular weight excluding hydrogens is 232 g/mol. The number of nitrogens with zero attached hydrogens (tertiary/aromatic N) is 2. The summed E-state index contributed by atoms with van der Waals surface area (Å²) in [5.74, 6) is -0.557. The first-order valence-corrected chi connectivity index (χ1v) is 5.40. The predicted octanol–water partition coefficient (Wildman–Crippen LogP) is 1.19. The molecule has 1 fully saturated rings. The van der Waals surface area contributed by atoms with Gasteiger partial charge in [0.25, 0.3) is 5.91 Å². The second-order valence-electron chi connectivity index (χ2n) is 3.78. The standard InChI is InChI=1S/C10H13F2N3O2/c11-10(12)15-8(3-4-14-15)9(16)13-6-7-2-1-5-17-7/h3-4,7,10H,1-2,5-6H2,(H,13,16). The average Bonchev–Trinajstić information content (AvgIpc) is 2.96. The highest BCUT2D eigenvalue weighted by Crippen LogP contribution is 2.13. The molecule has 1 atom stereocenters. The molecule has 0 saturated carbocycles. The van der Waals surface area contributed by atoms with Crippen molar-refractivity contribution < 1.29 is 18.3 Å². The van der Waals surface area contributed by atoms with E-state index in [0.29, 0.717) is 17.8 Å². The van der Waals surface area contributed by atoms with Gasteiger partial charge in [0.2, 0.25) is 0 Å². The predicted molar refractivity (Wildman–Crippen MR) is 54.8 cm³/mol. The fraction of sp³-hybridized carbons (Fsp3) is 0.600. The molecule has 0 aliphatic carbocycles. The van der Waals surface area contributed by atoms with Crippen molar-refractivity contribution in [3.63, 3.8) is 0 Å². The highest BCUT2D eigenvalue weighted by atomic mass is 19.3. The molecule has 0 aromatic carbocycles. The molecule has 1 aromatic rings. The summed E-state index contributed by atoms with van der Waals surface area (Å²) in [6.07, 6.45) is 3.01. The lowest BCUT2D eigenvalue weighted by molar-refractivity contribution is 0.0503. The van der Waals surface area contributed by atoms with Crippen molar-refractivity contribution in [1.82, 2.24) is 15.1 Å². The summed E-state index contributed by atoms with van der Waals surface area (Å²) in [5, 5.41) is 5.96. The van der Waals surface area contributed by atoms with Gasteiger partial charge < -0.3 is 10.1 Å². The molecule has 0 bridgehead atoms. The number of ether oxygens (including phenoxy) is 1. The zero-order valence-corrected chi connectivity index (χ0v) is 9.10. The van der Waals surface area contributed by atoms with Crippen molar-refractivity contribution in [2.75, 3.05) is 13.2 Å². The minimum Gasteiger partial charge on any atom is -0.376 e. The number of alkyl halides is 2. The molecule has 7 heteroatoms. The van der Waals surface area contributed by atoms with Crippen LogP contribution in [0.4, 0.5) is 8.78 Å². The van der Waals surface area contributed by atoms with E-state index in [1.54, 1.807) is 0 Å². The van der Waals surface area contributed by atoms with Crippen LogP contribution in [0.25, 0.3) is 0 Å². The highest BCUT2D eigenvalue weighted by molar-refractivity contribution is 5.92. The monoisotopic (exact) mass is 245 g/mol. The maximum atomic E-state index is 12.5. The third-order valence-corrected chi connectivity index (χ3v) is 2.60. The highest BCUT2D eigenvalue weighted by Gasteiger charge is 2.20. The number of amides is 1. The number of halogens is 2. The molecule has 2 heterocycles. The van der Waals surface area contributed by atoms with E-state index in [1.807, 2.05) is 0 Å². The molecule has 17 heavy (non-hydrogen) atoms. The van der Waals surface area contributed by atoms with Crippen molar-refractivity contribution in [2.45, 2.75) is 25.5 Å². The maximum Gasteiger partial charge on any atom is 0.333 e. The van der Waals surface area contributed by atoms with Gasteiger partial charge in [0, 0.05) is 19.3 Å². The summed E-state index contributed by atoms with van der Waals surface area (Å²) in [6.45, 7) is -1.78. The topological polar surface area (TPSA) is 56.1 Å². The summed E-state index contributed by atoms with van der Waals surface area (Å²) >= 11 is 0. The van der Waals surface area contributed by atoms with Crippen LogP contribution in [-0.4, -0.2) is 34.9 Å². The molecule has 1 saturated heterocycles. The Hall–Kier alpha value is -1.50. The third-order valence-electron chi connectivity index (χ3n) is 2.60. The second-order valence-corrected chi connectivity index (χ2v) is 3.78. The lowest BCUT2D eigenvalue weighted by Crippen LogP contribution is -2.33. The van der Waals surface area contributed by atoms with Crippen molar-refractivity contribution in [1.29, 1.82) is 0 Å². The Morgan fingerprint density at radius 2 is 2.53 bits per heavy atom. The van der Waals surface area contributed by atoms with Crippen molar-refractivity contribution in [3.05, 3.63) is 18.0 Å². The van der Waals surface area contributed by atoms with Crippen LogP contribution < -0.4 is 5.32 Å². The van der Waals surface area contributed by atoms with Gasteiger partial charge in [-0.2, -0.15) is 18.6 Å². The third kappa shape index (κ3) is 2.79. The smallest absolute Gasteiger partial charge is 0.333 e. The van der Waals surface area contributed by atoms with Gasteiger partial charge in [-0.25, -0.2) is 0 Å². The summed E-state index contributed by atoms with van der Waals surface area (Å²) in [4.78, 5) is 11.6. The van der Waals surface area contributed by atoms with E-state index in [-0.39, 0.29) is 11.8 Å². The second kappa shape index (κ2) is 5.22. The molecule has 2 rings (SSSR count). The Bertz CT molecular complexity index is 389. The van der Waals surface area contributed by atoms with Gasteiger partial charge in [-0.15, -0.1) is 0 Å². The number of carbonyl (C=O) groups is 1. The molecule has 5 nitrogen and oxygen atoms in total. The molecular formula is C10H13F2N3O2. The Labute approximate surface area is 96.7 Å². The van der Waals surface area contributed by atoms with Crippen LogP contribution in [0, 0.1) is 0 Å². The molecule has 0 spiro atoms. The minimum absolute atomic E-state index is 0.0122. The van der Waals surface area contributed by atoms with Gasteiger partial charge in [0.05, 0.1) is 6.10 Å². The summed E-state index contributed by atoms with van der Waals surface area (Å²) in [5.41, 5.74) is -0.141.